The third-order valence-corrected chi connectivity index (χ3v) is 6.75. The number of carbonyl (C=O) groups excluding carboxylic acids is 2. The molecule has 6 bridgehead atoms. The van der Waals surface area contributed by atoms with Crippen LogP contribution in [0.5, 0.6) is 17.2 Å². The van der Waals surface area contributed by atoms with E-state index >= 15 is 0 Å². The maximum absolute atomic E-state index is 13.6. The van der Waals surface area contributed by atoms with Gasteiger partial charge in [-0.3, -0.25) is 14.4 Å². The number of hydrogen-bond acceptors (Lipinski definition) is 7. The molecule has 2 aromatic carbocycles. The van der Waals surface area contributed by atoms with E-state index in [0.29, 0.717) is 61.9 Å². The average Bonchev–Trinajstić information content (AvgIpc) is 2.94. The van der Waals surface area contributed by atoms with Crippen molar-refractivity contribution in [2.75, 3.05) is 33.4 Å². The lowest BCUT2D eigenvalue weighted by Crippen LogP contribution is -2.41. The molecule has 6 rings (SSSR count). The Morgan fingerprint density at radius 1 is 1.16 bits per heavy atom. The lowest BCUT2D eigenvalue weighted by atomic mass is 9.87. The molecule has 4 heterocycles. The summed E-state index contributed by atoms with van der Waals surface area (Å²) in [6, 6.07) is 14.3. The van der Waals surface area contributed by atoms with Crippen molar-refractivity contribution in [1.82, 2.24) is 20.4 Å². The molecule has 38 heavy (non-hydrogen) atoms. The summed E-state index contributed by atoms with van der Waals surface area (Å²) in [4.78, 5) is 39.1. The highest BCUT2D eigenvalue weighted by Crippen LogP contribution is 2.42. The smallest absolute Gasteiger partial charge is 0.264 e. The van der Waals surface area contributed by atoms with E-state index in [4.69, 9.17) is 14.2 Å². The number of aromatic amines is 1. The van der Waals surface area contributed by atoms with Crippen LogP contribution in [0.3, 0.4) is 0 Å². The van der Waals surface area contributed by atoms with Gasteiger partial charge in [0.2, 0.25) is 5.91 Å². The van der Waals surface area contributed by atoms with Crippen molar-refractivity contribution < 1.29 is 23.8 Å². The van der Waals surface area contributed by atoms with Gasteiger partial charge in [0.1, 0.15) is 5.75 Å². The van der Waals surface area contributed by atoms with E-state index in [1.54, 1.807) is 13.2 Å². The first kappa shape index (κ1) is 25.3. The summed E-state index contributed by atoms with van der Waals surface area (Å²) < 4.78 is 17.4. The molecule has 0 radical (unpaired) electrons. The van der Waals surface area contributed by atoms with E-state index in [0.717, 1.165) is 16.7 Å². The molecule has 0 saturated carbocycles. The van der Waals surface area contributed by atoms with Crippen molar-refractivity contribution >= 4 is 11.8 Å². The Morgan fingerprint density at radius 3 is 2.87 bits per heavy atom. The van der Waals surface area contributed by atoms with Crippen LogP contribution in [0.15, 0.2) is 53.3 Å². The molecule has 198 valence electrons. The largest absolute Gasteiger partial charge is 0.494 e. The van der Waals surface area contributed by atoms with Gasteiger partial charge in [-0.25, -0.2) is 5.10 Å². The summed E-state index contributed by atoms with van der Waals surface area (Å²) in [7, 11) is 1.55. The highest BCUT2D eigenvalue weighted by atomic mass is 16.5. The van der Waals surface area contributed by atoms with Crippen molar-refractivity contribution in [2.45, 2.75) is 31.7 Å². The molecule has 0 aliphatic carbocycles. The zero-order valence-corrected chi connectivity index (χ0v) is 21.2. The minimum atomic E-state index is -0.363. The van der Waals surface area contributed by atoms with Crippen LogP contribution in [0.25, 0.3) is 0 Å². The van der Waals surface area contributed by atoms with Crippen LogP contribution in [0, 0.1) is 0 Å². The molecule has 10 heteroatoms. The lowest BCUT2D eigenvalue weighted by Gasteiger charge is -2.38. The maximum atomic E-state index is 13.6. The molecule has 10 nitrogen and oxygen atoms in total. The first-order chi connectivity index (χ1) is 18.5. The van der Waals surface area contributed by atoms with Gasteiger partial charge >= 0.3 is 0 Å². The Bertz CT molecular complexity index is 1370. The van der Waals surface area contributed by atoms with Gasteiger partial charge < -0.3 is 24.4 Å². The summed E-state index contributed by atoms with van der Waals surface area (Å²) >= 11 is 0. The first-order valence-corrected chi connectivity index (χ1v) is 12.7. The molecule has 2 amide bonds. The topological polar surface area (TPSA) is 123 Å². The third kappa shape index (κ3) is 5.64. The molecular formula is C28H30N4O6. The van der Waals surface area contributed by atoms with Crippen LogP contribution in [0.4, 0.5) is 0 Å². The van der Waals surface area contributed by atoms with E-state index in [-0.39, 0.29) is 36.4 Å². The number of methoxy groups -OCH3 is 1. The fraction of sp³-hybridized carbons (Fsp3) is 0.357. The number of aromatic nitrogens is 2. The number of aryl methyl sites for hydroxylation is 1. The number of nitrogens with zero attached hydrogens (tertiary/aromatic N) is 2. The molecular weight excluding hydrogens is 488 g/mol. The average molecular weight is 519 g/mol. The van der Waals surface area contributed by atoms with Crippen molar-refractivity contribution in [1.29, 1.82) is 0 Å². The quantitative estimate of drug-likeness (QED) is 0.543. The number of hydrogen-bond donors (Lipinski definition) is 2. The standard InChI is InChI=1S/C28H30N4O6/c1-36-23-16-22-18-10-12-32(27(35)9-7-20-6-8-25(33)31-30-20)28(22)19-4-2-5-21(14-19)37-13-3-11-29-26(34)17-38-24(23)15-18/h2,4-6,8,14-16,28H,3,7,9-13,17H2,1H3,(H,29,34)(H,31,33). The van der Waals surface area contributed by atoms with Gasteiger partial charge in [-0.1, -0.05) is 12.1 Å². The lowest BCUT2D eigenvalue weighted by molar-refractivity contribution is -0.133. The van der Waals surface area contributed by atoms with Gasteiger partial charge in [-0.2, -0.15) is 5.10 Å². The number of ether oxygens (including phenoxy) is 3. The van der Waals surface area contributed by atoms with Crippen LogP contribution in [-0.2, 0) is 22.4 Å². The van der Waals surface area contributed by atoms with E-state index < -0.39 is 0 Å². The molecule has 0 spiro atoms. The molecule has 3 aliphatic heterocycles. The van der Waals surface area contributed by atoms with Crippen LogP contribution in [0.2, 0.25) is 0 Å². The van der Waals surface area contributed by atoms with Gasteiger partial charge in [0.25, 0.3) is 11.5 Å². The Labute approximate surface area is 219 Å². The first-order valence-electron chi connectivity index (χ1n) is 12.7. The Balaban J connectivity index is 1.52. The molecule has 1 unspecified atom stereocenters. The number of H-pyrrole nitrogens is 1. The second-order valence-corrected chi connectivity index (χ2v) is 9.27. The Kier molecular flexibility index (Phi) is 7.57. The number of rotatable bonds is 4. The summed E-state index contributed by atoms with van der Waals surface area (Å²) in [5.41, 5.74) is 3.26. The van der Waals surface area contributed by atoms with E-state index in [1.807, 2.05) is 41.3 Å². The van der Waals surface area contributed by atoms with Crippen LogP contribution in [-0.4, -0.2) is 60.3 Å². The van der Waals surface area contributed by atoms with Crippen LogP contribution >= 0.6 is 0 Å². The SMILES string of the molecule is COc1cc2c3cc1OCC(=O)NCCCOc1cccc(c1)C2N(C(=O)CCc1ccc(=O)[nH]n1)CC3. The Morgan fingerprint density at radius 2 is 2.05 bits per heavy atom. The zero-order chi connectivity index (χ0) is 26.5. The number of fused-ring (bicyclic) bond motifs is 8. The number of nitrogens with one attached hydrogen (secondary N) is 2. The van der Waals surface area contributed by atoms with Gasteiger partial charge in [0, 0.05) is 32.0 Å². The molecule has 0 saturated heterocycles. The fourth-order valence-electron chi connectivity index (χ4n) is 4.88. The predicted octanol–water partition coefficient (Wildman–Crippen LogP) is 2.16. The van der Waals surface area contributed by atoms with E-state index in [9.17, 15) is 14.4 Å². The number of carbonyl (C=O) groups is 2. The van der Waals surface area contributed by atoms with Crippen LogP contribution in [0.1, 0.15) is 41.3 Å². The summed E-state index contributed by atoms with van der Waals surface area (Å²) in [6.45, 7) is 1.30. The monoisotopic (exact) mass is 518 g/mol. The minimum absolute atomic E-state index is 0.0228. The normalized spacial score (nSPS) is 17.2. The van der Waals surface area contributed by atoms with Crippen LogP contribution < -0.4 is 25.1 Å². The van der Waals surface area contributed by atoms with Gasteiger partial charge in [0.05, 0.1) is 25.5 Å². The zero-order valence-electron chi connectivity index (χ0n) is 21.2. The summed E-state index contributed by atoms with van der Waals surface area (Å²) in [5.74, 6) is 1.45. The van der Waals surface area contributed by atoms with E-state index in [1.165, 1.54) is 6.07 Å². The fourth-order valence-corrected chi connectivity index (χ4v) is 4.88. The minimum Gasteiger partial charge on any atom is -0.494 e. The second-order valence-electron chi connectivity index (χ2n) is 9.27. The van der Waals surface area contributed by atoms with Crippen molar-refractivity contribution in [3.05, 3.63) is 81.3 Å². The molecule has 2 N–H and O–H groups in total. The third-order valence-electron chi connectivity index (χ3n) is 6.75. The predicted molar refractivity (Wildman–Crippen MR) is 138 cm³/mol. The second kappa shape index (κ2) is 11.4. The van der Waals surface area contributed by atoms with Gasteiger partial charge in [-0.15, -0.1) is 0 Å². The van der Waals surface area contributed by atoms with Crippen molar-refractivity contribution in [3.63, 3.8) is 0 Å². The van der Waals surface area contributed by atoms with Crippen molar-refractivity contribution in [2.24, 2.45) is 0 Å². The molecule has 3 aliphatic rings. The highest BCUT2D eigenvalue weighted by molar-refractivity contribution is 5.79. The van der Waals surface area contributed by atoms with Gasteiger partial charge in [-0.05, 0) is 59.9 Å². The molecule has 1 aromatic heterocycles. The van der Waals surface area contributed by atoms with E-state index in [2.05, 4.69) is 15.5 Å². The highest BCUT2D eigenvalue weighted by Gasteiger charge is 2.33. The number of amides is 2. The van der Waals surface area contributed by atoms with Crippen molar-refractivity contribution in [3.8, 4) is 17.2 Å². The number of benzene rings is 2. The summed E-state index contributed by atoms with van der Waals surface area (Å²) in [5, 5.41) is 9.29. The maximum Gasteiger partial charge on any atom is 0.264 e. The molecule has 3 aromatic rings. The summed E-state index contributed by atoms with van der Waals surface area (Å²) in [6.07, 6.45) is 1.92. The molecule has 1 atom stereocenters. The Hall–Kier alpha value is -4.34. The molecule has 0 fully saturated rings. The van der Waals surface area contributed by atoms with Gasteiger partial charge in [0.15, 0.2) is 18.1 Å².